The number of anilines is 1. The summed E-state index contributed by atoms with van der Waals surface area (Å²) < 4.78 is 0. The first kappa shape index (κ1) is 13.9. The molecule has 0 bridgehead atoms. The van der Waals surface area contributed by atoms with Gasteiger partial charge >= 0.3 is 5.97 Å². The lowest BCUT2D eigenvalue weighted by Crippen LogP contribution is -2.32. The van der Waals surface area contributed by atoms with E-state index < -0.39 is 5.97 Å². The fourth-order valence-electron chi connectivity index (χ4n) is 1.64. The maximum absolute atomic E-state index is 10.9. The fourth-order valence-corrected chi connectivity index (χ4v) is 1.80. The number of carbonyl (C=O) groups is 1. The Morgan fingerprint density at radius 1 is 1.35 bits per heavy atom. The predicted molar refractivity (Wildman–Crippen MR) is 76.5 cm³/mol. The minimum Gasteiger partial charge on any atom is -0.476 e. The molecule has 104 valence electrons. The highest BCUT2D eigenvalue weighted by Crippen LogP contribution is 2.20. The highest BCUT2D eigenvalue weighted by Gasteiger charge is 2.11. The average molecular weight is 294 g/mol. The van der Waals surface area contributed by atoms with Crippen molar-refractivity contribution in [3.63, 3.8) is 0 Å². The number of aliphatic carboxylic acids is 1. The zero-order valence-electron chi connectivity index (χ0n) is 10.2. The van der Waals surface area contributed by atoms with Crippen molar-refractivity contribution in [2.24, 2.45) is 11.6 Å². The van der Waals surface area contributed by atoms with E-state index in [-0.39, 0.29) is 11.5 Å². The Labute approximate surface area is 119 Å². The summed E-state index contributed by atoms with van der Waals surface area (Å²) in [5.41, 5.74) is 8.57. The molecule has 7 N–H and O–H groups in total. The van der Waals surface area contributed by atoms with E-state index in [4.69, 9.17) is 28.3 Å². The Morgan fingerprint density at radius 2 is 2.10 bits per heavy atom. The number of benzene rings is 1. The van der Waals surface area contributed by atoms with Gasteiger partial charge in [0.2, 0.25) is 0 Å². The number of nitrogens with one attached hydrogen (secondary N) is 2. The Bertz CT molecular complexity index is 701. The van der Waals surface area contributed by atoms with Gasteiger partial charge < -0.3 is 21.6 Å². The number of halogens is 1. The molecule has 0 spiro atoms. The van der Waals surface area contributed by atoms with Crippen LogP contribution in [0.25, 0.3) is 10.9 Å². The number of rotatable bonds is 4. The Hall–Kier alpha value is -2.51. The number of carboxylic acids is 1. The topological polar surface area (TPSA) is 126 Å². The van der Waals surface area contributed by atoms with Gasteiger partial charge in [-0.1, -0.05) is 17.7 Å². The molecule has 0 amide bonds. The molecule has 8 heteroatoms. The number of hydrogen-bond acceptors (Lipinski definition) is 6. The van der Waals surface area contributed by atoms with E-state index in [1.165, 1.54) is 6.20 Å². The van der Waals surface area contributed by atoms with Crippen molar-refractivity contribution in [2.45, 2.75) is 0 Å². The number of carboxylic acid groups (broad SMARTS) is 1. The summed E-state index contributed by atoms with van der Waals surface area (Å²) in [5.74, 6) is 3.72. The number of nitrogens with zero attached hydrogens (tertiary/aromatic N) is 1. The summed E-state index contributed by atoms with van der Waals surface area (Å²) in [5, 5.41) is 13.0. The summed E-state index contributed by atoms with van der Waals surface area (Å²) in [6, 6.07) is 7.03. The number of aromatic nitrogens is 1. The number of pyridine rings is 1. The first-order chi connectivity index (χ1) is 9.51. The monoisotopic (exact) mass is 293 g/mol. The fraction of sp³-hybridized carbons (Fsp3) is 0. The van der Waals surface area contributed by atoms with Crippen LogP contribution in [0.2, 0.25) is 5.02 Å². The van der Waals surface area contributed by atoms with Crippen molar-refractivity contribution < 1.29 is 9.90 Å². The van der Waals surface area contributed by atoms with Gasteiger partial charge in [0.15, 0.2) is 5.70 Å². The molecule has 1 aromatic carbocycles. The molecule has 2 rings (SSSR count). The third kappa shape index (κ3) is 2.90. The summed E-state index contributed by atoms with van der Waals surface area (Å²) in [6.45, 7) is 0. The Balaban J connectivity index is 2.35. The van der Waals surface area contributed by atoms with E-state index in [0.717, 1.165) is 10.9 Å². The number of hydrazine groups is 1. The highest BCUT2D eigenvalue weighted by molar-refractivity contribution is 6.31. The van der Waals surface area contributed by atoms with Gasteiger partial charge in [-0.25, -0.2) is 4.79 Å². The van der Waals surface area contributed by atoms with Gasteiger partial charge in [-0.15, -0.1) is 0 Å². The first-order valence-electron chi connectivity index (χ1n) is 5.53. The molecule has 0 atom stereocenters. The van der Waals surface area contributed by atoms with Crippen molar-refractivity contribution >= 4 is 34.2 Å². The molecule has 0 radical (unpaired) electrons. The van der Waals surface area contributed by atoms with Crippen LogP contribution in [0.5, 0.6) is 0 Å². The number of fused-ring (bicyclic) bond motifs is 1. The normalized spacial score (nSPS) is 11.9. The van der Waals surface area contributed by atoms with Crippen LogP contribution in [-0.2, 0) is 4.79 Å². The Morgan fingerprint density at radius 3 is 2.75 bits per heavy atom. The summed E-state index contributed by atoms with van der Waals surface area (Å²) in [6.07, 6.45) is 1.52. The van der Waals surface area contributed by atoms with E-state index in [1.807, 2.05) is 5.43 Å². The lowest BCUT2D eigenvalue weighted by molar-refractivity contribution is -0.133. The van der Waals surface area contributed by atoms with Gasteiger partial charge in [0.25, 0.3) is 0 Å². The lowest BCUT2D eigenvalue weighted by atomic mass is 10.2. The van der Waals surface area contributed by atoms with E-state index >= 15 is 0 Å². The van der Waals surface area contributed by atoms with Crippen LogP contribution in [0.3, 0.4) is 0 Å². The van der Waals surface area contributed by atoms with E-state index in [0.29, 0.717) is 10.7 Å². The number of hydrogen-bond donors (Lipinski definition) is 5. The van der Waals surface area contributed by atoms with Crippen LogP contribution in [0, 0.1) is 0 Å². The van der Waals surface area contributed by atoms with Gasteiger partial charge in [0, 0.05) is 10.4 Å². The van der Waals surface area contributed by atoms with Crippen LogP contribution in [0.1, 0.15) is 0 Å². The zero-order chi connectivity index (χ0) is 14.7. The van der Waals surface area contributed by atoms with Crippen LogP contribution < -0.4 is 22.3 Å². The third-order valence-corrected chi connectivity index (χ3v) is 2.79. The van der Waals surface area contributed by atoms with E-state index in [9.17, 15) is 4.79 Å². The molecule has 7 nitrogen and oxygen atoms in total. The second-order valence-electron chi connectivity index (χ2n) is 3.92. The van der Waals surface area contributed by atoms with Gasteiger partial charge in [0.05, 0.1) is 17.4 Å². The first-order valence-corrected chi connectivity index (χ1v) is 5.91. The molecule has 2 aromatic rings. The molecule has 0 unspecified atom stereocenters. The molecular weight excluding hydrogens is 282 g/mol. The molecule has 20 heavy (non-hydrogen) atoms. The zero-order valence-corrected chi connectivity index (χ0v) is 11.0. The standard InChI is InChI=1S/C12H12ClN5O2/c13-7-2-1-6-3-8(5-16-9(6)4-7)17-11(14)10(18-15)12(19)20/h1-5,17-18H,14-15H2,(H,19,20)/b11-10+. The molecule has 0 aliphatic rings. The maximum Gasteiger partial charge on any atom is 0.357 e. The Kier molecular flexibility index (Phi) is 3.92. The molecule has 0 saturated carbocycles. The molecule has 1 heterocycles. The molecular formula is C12H12ClN5O2. The third-order valence-electron chi connectivity index (χ3n) is 2.55. The minimum atomic E-state index is -1.27. The van der Waals surface area contributed by atoms with Gasteiger partial charge in [-0.2, -0.15) is 0 Å². The lowest BCUT2D eigenvalue weighted by Gasteiger charge is -2.10. The van der Waals surface area contributed by atoms with Crippen molar-refractivity contribution in [3.05, 3.63) is 47.0 Å². The molecule has 1 aromatic heterocycles. The highest BCUT2D eigenvalue weighted by atomic mass is 35.5. The quantitative estimate of drug-likeness (QED) is 0.323. The molecule has 0 fully saturated rings. The largest absolute Gasteiger partial charge is 0.476 e. The average Bonchev–Trinajstić information content (AvgIpc) is 2.39. The minimum absolute atomic E-state index is 0.116. The SMILES string of the molecule is NN/C(C(=O)O)=C(\N)Nc1cnc2cc(Cl)ccc2c1. The summed E-state index contributed by atoms with van der Waals surface area (Å²) in [7, 11) is 0. The van der Waals surface area contributed by atoms with Crippen LogP contribution in [0.15, 0.2) is 42.0 Å². The van der Waals surface area contributed by atoms with Crippen molar-refractivity contribution in [1.29, 1.82) is 0 Å². The van der Waals surface area contributed by atoms with Gasteiger partial charge in [-0.05, 0) is 18.2 Å². The van der Waals surface area contributed by atoms with Crippen LogP contribution in [-0.4, -0.2) is 16.1 Å². The van der Waals surface area contributed by atoms with Crippen molar-refractivity contribution in [3.8, 4) is 0 Å². The number of nitrogens with two attached hydrogens (primary N) is 2. The smallest absolute Gasteiger partial charge is 0.357 e. The van der Waals surface area contributed by atoms with Gasteiger partial charge in [0.1, 0.15) is 5.82 Å². The van der Waals surface area contributed by atoms with Crippen LogP contribution in [0.4, 0.5) is 5.69 Å². The van der Waals surface area contributed by atoms with Crippen LogP contribution >= 0.6 is 11.6 Å². The summed E-state index contributed by atoms with van der Waals surface area (Å²) >= 11 is 5.87. The second-order valence-corrected chi connectivity index (χ2v) is 4.36. The van der Waals surface area contributed by atoms with Crippen molar-refractivity contribution in [1.82, 2.24) is 10.4 Å². The molecule has 0 aliphatic carbocycles. The molecule has 0 aliphatic heterocycles. The van der Waals surface area contributed by atoms with E-state index in [1.54, 1.807) is 24.3 Å². The second kappa shape index (κ2) is 5.64. The predicted octanol–water partition coefficient (Wildman–Crippen LogP) is 0.976. The molecule has 0 saturated heterocycles. The van der Waals surface area contributed by atoms with Crippen molar-refractivity contribution in [2.75, 3.05) is 5.32 Å². The van der Waals surface area contributed by atoms with Gasteiger partial charge in [-0.3, -0.25) is 10.8 Å². The summed E-state index contributed by atoms with van der Waals surface area (Å²) in [4.78, 5) is 15.1. The maximum atomic E-state index is 10.9. The van der Waals surface area contributed by atoms with E-state index in [2.05, 4.69) is 10.3 Å².